The number of rotatable bonds is 5. The lowest BCUT2D eigenvalue weighted by molar-refractivity contribution is 0.0506. The van der Waals surface area contributed by atoms with E-state index in [-0.39, 0.29) is 29.6 Å². The summed E-state index contributed by atoms with van der Waals surface area (Å²) in [4.78, 5) is 12.2. The number of ether oxygens (including phenoxy) is 1. The van der Waals surface area contributed by atoms with Crippen LogP contribution in [0.5, 0.6) is 0 Å². The molecule has 7 heteroatoms. The van der Waals surface area contributed by atoms with Crippen LogP contribution < -0.4 is 10.6 Å². The number of amides is 2. The summed E-state index contributed by atoms with van der Waals surface area (Å²) in [6.07, 6.45) is 1.41. The SMILES string of the molecule is O=C(NCc1ccc(Br)c(F)c1)NCC1(c2cccc(F)c2)CCOCC1. The molecule has 2 aromatic rings. The lowest BCUT2D eigenvalue weighted by Crippen LogP contribution is -2.47. The Morgan fingerprint density at radius 2 is 1.89 bits per heavy atom. The van der Waals surface area contributed by atoms with Crippen molar-refractivity contribution in [1.82, 2.24) is 10.6 Å². The summed E-state index contributed by atoms with van der Waals surface area (Å²) in [6.45, 7) is 1.72. The Labute approximate surface area is 165 Å². The van der Waals surface area contributed by atoms with E-state index in [4.69, 9.17) is 4.74 Å². The van der Waals surface area contributed by atoms with Crippen molar-refractivity contribution in [3.63, 3.8) is 0 Å². The van der Waals surface area contributed by atoms with E-state index in [1.807, 2.05) is 6.07 Å². The smallest absolute Gasteiger partial charge is 0.315 e. The van der Waals surface area contributed by atoms with Crippen LogP contribution in [0.25, 0.3) is 0 Å². The van der Waals surface area contributed by atoms with Crippen LogP contribution in [0.3, 0.4) is 0 Å². The minimum Gasteiger partial charge on any atom is -0.381 e. The van der Waals surface area contributed by atoms with Crippen LogP contribution in [0.2, 0.25) is 0 Å². The van der Waals surface area contributed by atoms with E-state index in [9.17, 15) is 13.6 Å². The van der Waals surface area contributed by atoms with Crippen molar-refractivity contribution in [2.24, 2.45) is 0 Å². The van der Waals surface area contributed by atoms with Crippen molar-refractivity contribution < 1.29 is 18.3 Å². The molecule has 0 saturated carbocycles. The Balaban J connectivity index is 1.61. The van der Waals surface area contributed by atoms with Gasteiger partial charge in [-0.1, -0.05) is 18.2 Å². The number of urea groups is 1. The van der Waals surface area contributed by atoms with Gasteiger partial charge in [0.15, 0.2) is 0 Å². The number of carbonyl (C=O) groups excluding carboxylic acids is 1. The molecule has 1 heterocycles. The van der Waals surface area contributed by atoms with Gasteiger partial charge >= 0.3 is 6.03 Å². The molecule has 4 nitrogen and oxygen atoms in total. The molecule has 2 N–H and O–H groups in total. The molecule has 1 aliphatic rings. The summed E-state index contributed by atoms with van der Waals surface area (Å²) in [5.41, 5.74) is 1.17. The highest BCUT2D eigenvalue weighted by Gasteiger charge is 2.35. The number of hydrogen-bond donors (Lipinski definition) is 2. The highest BCUT2D eigenvalue weighted by molar-refractivity contribution is 9.10. The molecule has 2 amide bonds. The zero-order chi connectivity index (χ0) is 19.3. The lowest BCUT2D eigenvalue weighted by atomic mass is 9.74. The van der Waals surface area contributed by atoms with E-state index in [1.54, 1.807) is 18.2 Å². The van der Waals surface area contributed by atoms with E-state index in [0.29, 0.717) is 42.6 Å². The van der Waals surface area contributed by atoms with Gasteiger partial charge in [-0.05, 0) is 64.2 Å². The van der Waals surface area contributed by atoms with Crippen molar-refractivity contribution in [1.29, 1.82) is 0 Å². The molecule has 0 radical (unpaired) electrons. The standard InChI is InChI=1S/C20H21BrF2N2O2/c21-17-5-4-14(10-18(17)23)12-24-19(26)25-13-20(6-8-27-9-7-20)15-2-1-3-16(22)11-15/h1-5,10-11H,6-9,12-13H2,(H2,24,25,26). The third kappa shape index (κ3) is 5.05. The van der Waals surface area contributed by atoms with E-state index in [1.165, 1.54) is 18.2 Å². The molecule has 0 aliphatic carbocycles. The second-order valence-corrected chi connectivity index (χ2v) is 7.54. The largest absolute Gasteiger partial charge is 0.381 e. The summed E-state index contributed by atoms with van der Waals surface area (Å²) in [7, 11) is 0. The normalized spacial score (nSPS) is 16.0. The molecule has 0 atom stereocenters. The summed E-state index contributed by atoms with van der Waals surface area (Å²) < 4.78 is 33.1. The van der Waals surface area contributed by atoms with E-state index < -0.39 is 0 Å². The quantitative estimate of drug-likeness (QED) is 0.731. The topological polar surface area (TPSA) is 50.4 Å². The maximum Gasteiger partial charge on any atom is 0.315 e. The summed E-state index contributed by atoms with van der Waals surface area (Å²) >= 11 is 3.10. The van der Waals surface area contributed by atoms with Gasteiger partial charge in [0.1, 0.15) is 11.6 Å². The van der Waals surface area contributed by atoms with Crippen molar-refractivity contribution >= 4 is 22.0 Å². The Bertz CT molecular complexity index is 810. The van der Waals surface area contributed by atoms with Gasteiger partial charge in [-0.15, -0.1) is 0 Å². The van der Waals surface area contributed by atoms with Gasteiger partial charge in [0, 0.05) is 31.7 Å². The zero-order valence-electron chi connectivity index (χ0n) is 14.7. The molecule has 1 saturated heterocycles. The highest BCUT2D eigenvalue weighted by Crippen LogP contribution is 2.34. The second kappa shape index (κ2) is 8.80. The van der Waals surface area contributed by atoms with E-state index >= 15 is 0 Å². The van der Waals surface area contributed by atoms with Gasteiger partial charge in [0.25, 0.3) is 0 Å². The van der Waals surface area contributed by atoms with Crippen molar-refractivity contribution in [3.8, 4) is 0 Å². The van der Waals surface area contributed by atoms with Crippen LogP contribution in [0.15, 0.2) is 46.9 Å². The molecule has 3 rings (SSSR count). The molecular formula is C20H21BrF2N2O2. The van der Waals surface area contributed by atoms with Gasteiger partial charge in [-0.3, -0.25) is 0 Å². The van der Waals surface area contributed by atoms with Crippen LogP contribution in [-0.2, 0) is 16.7 Å². The van der Waals surface area contributed by atoms with Crippen molar-refractivity contribution in [2.75, 3.05) is 19.8 Å². The van der Waals surface area contributed by atoms with E-state index in [0.717, 1.165) is 5.56 Å². The first-order valence-corrected chi connectivity index (χ1v) is 9.57. The first kappa shape index (κ1) is 19.8. The number of carbonyl (C=O) groups is 1. The molecular weight excluding hydrogens is 418 g/mol. The monoisotopic (exact) mass is 438 g/mol. The van der Waals surface area contributed by atoms with Gasteiger partial charge in [-0.25, -0.2) is 13.6 Å². The molecule has 1 aliphatic heterocycles. The third-order valence-corrected chi connectivity index (χ3v) is 5.55. The maximum absolute atomic E-state index is 13.7. The minimum absolute atomic E-state index is 0.214. The van der Waals surface area contributed by atoms with E-state index in [2.05, 4.69) is 26.6 Å². The molecule has 0 bridgehead atoms. The number of halogens is 3. The molecule has 144 valence electrons. The van der Waals surface area contributed by atoms with Crippen LogP contribution in [-0.4, -0.2) is 25.8 Å². The molecule has 0 spiro atoms. The fourth-order valence-corrected chi connectivity index (χ4v) is 3.54. The van der Waals surface area contributed by atoms with Crippen molar-refractivity contribution in [3.05, 3.63) is 69.7 Å². The van der Waals surface area contributed by atoms with Gasteiger partial charge in [0.2, 0.25) is 0 Å². The average molecular weight is 439 g/mol. The first-order chi connectivity index (χ1) is 13.0. The Kier molecular flexibility index (Phi) is 6.44. The van der Waals surface area contributed by atoms with Crippen LogP contribution in [0.1, 0.15) is 24.0 Å². The fourth-order valence-electron chi connectivity index (χ4n) is 3.29. The second-order valence-electron chi connectivity index (χ2n) is 6.69. The molecule has 0 aromatic heterocycles. The Morgan fingerprint density at radius 3 is 2.59 bits per heavy atom. The van der Waals surface area contributed by atoms with Crippen molar-refractivity contribution in [2.45, 2.75) is 24.8 Å². The molecule has 2 aromatic carbocycles. The highest BCUT2D eigenvalue weighted by atomic mass is 79.9. The molecule has 27 heavy (non-hydrogen) atoms. The number of nitrogens with one attached hydrogen (secondary N) is 2. The van der Waals surface area contributed by atoms with Crippen LogP contribution >= 0.6 is 15.9 Å². The summed E-state index contributed by atoms with van der Waals surface area (Å²) in [5.74, 6) is -0.665. The summed E-state index contributed by atoms with van der Waals surface area (Å²) in [5, 5.41) is 5.60. The minimum atomic E-state index is -0.373. The predicted octanol–water partition coefficient (Wildman–Crippen LogP) is 4.27. The molecule has 1 fully saturated rings. The number of benzene rings is 2. The average Bonchev–Trinajstić information content (AvgIpc) is 2.68. The lowest BCUT2D eigenvalue weighted by Gasteiger charge is -2.38. The maximum atomic E-state index is 13.7. The predicted molar refractivity (Wildman–Crippen MR) is 102 cm³/mol. The molecule has 0 unspecified atom stereocenters. The fraction of sp³-hybridized carbons (Fsp3) is 0.350. The van der Waals surface area contributed by atoms with Gasteiger partial charge < -0.3 is 15.4 Å². The Morgan fingerprint density at radius 1 is 1.11 bits per heavy atom. The van der Waals surface area contributed by atoms with Gasteiger partial charge in [0.05, 0.1) is 4.47 Å². The van der Waals surface area contributed by atoms with Gasteiger partial charge in [-0.2, -0.15) is 0 Å². The summed E-state index contributed by atoms with van der Waals surface area (Å²) in [6, 6.07) is 10.9. The zero-order valence-corrected chi connectivity index (χ0v) is 16.3. The third-order valence-electron chi connectivity index (χ3n) is 4.91. The number of hydrogen-bond acceptors (Lipinski definition) is 2. The van der Waals surface area contributed by atoms with Crippen LogP contribution in [0.4, 0.5) is 13.6 Å². The van der Waals surface area contributed by atoms with Crippen LogP contribution in [0, 0.1) is 11.6 Å². The first-order valence-electron chi connectivity index (χ1n) is 8.78. The Hall–Kier alpha value is -1.99.